The Morgan fingerprint density at radius 1 is 1.62 bits per heavy atom. The SMILES string of the molecule is [N-]=[N+]=Nc1ccc([N+](=O)[O-])cc1S. The maximum atomic E-state index is 10.3. The molecule has 1 rings (SSSR count). The first-order valence-corrected chi connectivity index (χ1v) is 3.62. The summed E-state index contributed by atoms with van der Waals surface area (Å²) in [5.41, 5.74) is 8.31. The number of nitrogens with zero attached hydrogens (tertiary/aromatic N) is 4. The summed E-state index contributed by atoms with van der Waals surface area (Å²) in [5.74, 6) is 0. The van der Waals surface area contributed by atoms with Crippen LogP contribution in [0.3, 0.4) is 0 Å². The van der Waals surface area contributed by atoms with Gasteiger partial charge in [0.1, 0.15) is 0 Å². The molecule has 0 radical (unpaired) electrons. The summed E-state index contributed by atoms with van der Waals surface area (Å²) in [6, 6.07) is 3.83. The highest BCUT2D eigenvalue weighted by Gasteiger charge is 2.06. The number of hydrogen-bond acceptors (Lipinski definition) is 4. The molecular formula is C6H4N4O2S. The molecule has 0 amide bonds. The van der Waals surface area contributed by atoms with E-state index in [1.807, 2.05) is 0 Å². The fraction of sp³-hybridized carbons (Fsp3) is 0. The minimum absolute atomic E-state index is 0.0816. The summed E-state index contributed by atoms with van der Waals surface area (Å²) in [7, 11) is 0. The zero-order chi connectivity index (χ0) is 9.84. The average Bonchev–Trinajstić information content (AvgIpc) is 2.08. The topological polar surface area (TPSA) is 91.9 Å². The third-order valence-corrected chi connectivity index (χ3v) is 1.68. The van der Waals surface area contributed by atoms with Crippen molar-refractivity contribution in [2.45, 2.75) is 4.90 Å². The van der Waals surface area contributed by atoms with Gasteiger partial charge in [0, 0.05) is 21.9 Å². The highest BCUT2D eigenvalue weighted by Crippen LogP contribution is 2.27. The molecule has 0 unspecified atom stereocenters. The summed E-state index contributed by atoms with van der Waals surface area (Å²) >= 11 is 3.93. The van der Waals surface area contributed by atoms with E-state index >= 15 is 0 Å². The number of hydrogen-bond donors (Lipinski definition) is 1. The van der Waals surface area contributed by atoms with E-state index in [0.717, 1.165) is 0 Å². The molecule has 1 aromatic rings. The van der Waals surface area contributed by atoms with E-state index in [0.29, 0.717) is 0 Å². The molecular weight excluding hydrogens is 192 g/mol. The maximum Gasteiger partial charge on any atom is 0.270 e. The Bertz CT molecular complexity index is 400. The van der Waals surface area contributed by atoms with Gasteiger partial charge in [-0.1, -0.05) is 5.11 Å². The monoisotopic (exact) mass is 196 g/mol. The Morgan fingerprint density at radius 2 is 2.31 bits per heavy atom. The zero-order valence-corrected chi connectivity index (χ0v) is 7.18. The van der Waals surface area contributed by atoms with E-state index in [-0.39, 0.29) is 16.3 Å². The van der Waals surface area contributed by atoms with Crippen molar-refractivity contribution in [2.24, 2.45) is 5.11 Å². The van der Waals surface area contributed by atoms with E-state index in [9.17, 15) is 10.1 Å². The number of nitro groups is 1. The van der Waals surface area contributed by atoms with Crippen molar-refractivity contribution in [1.82, 2.24) is 0 Å². The van der Waals surface area contributed by atoms with Gasteiger partial charge >= 0.3 is 0 Å². The number of non-ortho nitro benzene ring substituents is 1. The van der Waals surface area contributed by atoms with Crippen LogP contribution in [-0.4, -0.2) is 4.92 Å². The lowest BCUT2D eigenvalue weighted by Crippen LogP contribution is -1.86. The largest absolute Gasteiger partial charge is 0.270 e. The first-order chi connectivity index (χ1) is 6.15. The van der Waals surface area contributed by atoms with Gasteiger partial charge in [0.15, 0.2) is 0 Å². The Morgan fingerprint density at radius 3 is 2.77 bits per heavy atom. The molecule has 0 bridgehead atoms. The predicted octanol–water partition coefficient (Wildman–Crippen LogP) is 2.83. The van der Waals surface area contributed by atoms with Gasteiger partial charge in [0.05, 0.1) is 10.6 Å². The maximum absolute atomic E-state index is 10.3. The molecule has 0 saturated carbocycles. The van der Waals surface area contributed by atoms with Gasteiger partial charge < -0.3 is 0 Å². The van der Waals surface area contributed by atoms with Crippen molar-refractivity contribution in [2.75, 3.05) is 0 Å². The summed E-state index contributed by atoms with van der Waals surface area (Å²) in [4.78, 5) is 12.6. The third-order valence-electron chi connectivity index (χ3n) is 1.32. The van der Waals surface area contributed by atoms with E-state index in [1.165, 1.54) is 18.2 Å². The van der Waals surface area contributed by atoms with Gasteiger partial charge in [-0.05, 0) is 11.6 Å². The lowest BCUT2D eigenvalue weighted by atomic mass is 10.3. The van der Waals surface area contributed by atoms with Gasteiger partial charge in [-0.25, -0.2) is 0 Å². The Hall–Kier alpha value is -1.72. The predicted molar refractivity (Wildman–Crippen MR) is 49.2 cm³/mol. The second-order valence-corrected chi connectivity index (χ2v) is 2.60. The fourth-order valence-electron chi connectivity index (χ4n) is 0.758. The van der Waals surface area contributed by atoms with Crippen LogP contribution in [0.4, 0.5) is 11.4 Å². The van der Waals surface area contributed by atoms with Gasteiger partial charge in [-0.2, -0.15) is 0 Å². The highest BCUT2D eigenvalue weighted by atomic mass is 32.1. The molecule has 0 aliphatic heterocycles. The van der Waals surface area contributed by atoms with Crippen molar-refractivity contribution >= 4 is 24.0 Å². The highest BCUT2D eigenvalue weighted by molar-refractivity contribution is 7.80. The normalized spacial score (nSPS) is 9.00. The number of rotatable bonds is 2. The van der Waals surface area contributed by atoms with Crippen LogP contribution in [0.15, 0.2) is 28.2 Å². The molecule has 0 aromatic heterocycles. The summed E-state index contributed by atoms with van der Waals surface area (Å²) in [6.45, 7) is 0. The number of benzene rings is 1. The van der Waals surface area contributed by atoms with Crippen LogP contribution in [0.2, 0.25) is 0 Å². The standard InChI is InChI=1S/C6H4N4O2S/c7-9-8-5-2-1-4(10(11)12)3-6(5)13/h1-3,13H. The van der Waals surface area contributed by atoms with Gasteiger partial charge in [-0.15, -0.1) is 12.6 Å². The molecule has 13 heavy (non-hydrogen) atoms. The van der Waals surface area contributed by atoms with Crippen LogP contribution >= 0.6 is 12.6 Å². The molecule has 0 atom stereocenters. The molecule has 66 valence electrons. The lowest BCUT2D eigenvalue weighted by molar-refractivity contribution is -0.385. The van der Waals surface area contributed by atoms with Crippen molar-refractivity contribution in [3.8, 4) is 0 Å². The zero-order valence-electron chi connectivity index (χ0n) is 6.28. The Balaban J connectivity index is 3.19. The van der Waals surface area contributed by atoms with Crippen LogP contribution in [0.1, 0.15) is 0 Å². The molecule has 0 spiro atoms. The third kappa shape index (κ3) is 2.11. The molecule has 6 nitrogen and oxygen atoms in total. The molecule has 0 fully saturated rings. The van der Waals surface area contributed by atoms with E-state index in [1.54, 1.807) is 0 Å². The molecule has 0 N–H and O–H groups in total. The minimum Gasteiger partial charge on any atom is -0.258 e. The Kier molecular flexibility index (Phi) is 2.73. The van der Waals surface area contributed by atoms with Crippen LogP contribution in [0.5, 0.6) is 0 Å². The van der Waals surface area contributed by atoms with Crippen LogP contribution < -0.4 is 0 Å². The Labute approximate surface area is 78.4 Å². The van der Waals surface area contributed by atoms with Crippen molar-refractivity contribution in [3.63, 3.8) is 0 Å². The van der Waals surface area contributed by atoms with E-state index in [4.69, 9.17) is 5.53 Å². The first-order valence-electron chi connectivity index (χ1n) is 3.17. The van der Waals surface area contributed by atoms with Crippen molar-refractivity contribution in [3.05, 3.63) is 38.8 Å². The molecule has 0 aliphatic carbocycles. The smallest absolute Gasteiger partial charge is 0.258 e. The van der Waals surface area contributed by atoms with E-state index in [2.05, 4.69) is 22.7 Å². The average molecular weight is 196 g/mol. The van der Waals surface area contributed by atoms with Gasteiger partial charge in [0.2, 0.25) is 0 Å². The quantitative estimate of drug-likeness (QED) is 0.197. The molecule has 0 heterocycles. The number of azide groups is 1. The number of thiol groups is 1. The first kappa shape index (κ1) is 9.37. The van der Waals surface area contributed by atoms with E-state index < -0.39 is 4.92 Å². The van der Waals surface area contributed by atoms with Gasteiger partial charge in [-0.3, -0.25) is 10.1 Å². The second kappa shape index (κ2) is 3.79. The molecule has 7 heteroatoms. The summed E-state index contributed by atoms with van der Waals surface area (Å²) in [5, 5.41) is 13.6. The van der Waals surface area contributed by atoms with Crippen LogP contribution in [-0.2, 0) is 0 Å². The van der Waals surface area contributed by atoms with Crippen molar-refractivity contribution in [1.29, 1.82) is 0 Å². The molecule has 0 aliphatic rings. The molecule has 1 aromatic carbocycles. The number of nitro benzene ring substituents is 1. The fourth-order valence-corrected chi connectivity index (χ4v) is 1.01. The lowest BCUT2D eigenvalue weighted by Gasteiger charge is -1.96. The summed E-state index contributed by atoms with van der Waals surface area (Å²) < 4.78 is 0. The molecule has 0 saturated heterocycles. The van der Waals surface area contributed by atoms with Crippen LogP contribution in [0.25, 0.3) is 10.4 Å². The summed E-state index contributed by atoms with van der Waals surface area (Å²) in [6.07, 6.45) is 0. The van der Waals surface area contributed by atoms with Crippen molar-refractivity contribution < 1.29 is 4.92 Å². The van der Waals surface area contributed by atoms with Crippen LogP contribution in [0, 0.1) is 10.1 Å². The van der Waals surface area contributed by atoms with Gasteiger partial charge in [0.25, 0.3) is 5.69 Å². The second-order valence-electron chi connectivity index (χ2n) is 2.12. The minimum atomic E-state index is -0.542.